The van der Waals surface area contributed by atoms with Crippen molar-refractivity contribution in [3.8, 4) is 5.75 Å². The molecule has 0 bridgehead atoms. The number of rotatable bonds is 2. The van der Waals surface area contributed by atoms with E-state index in [4.69, 9.17) is 11.6 Å². The second kappa shape index (κ2) is 5.06. The standard InChI is InChI=1S/C15H13ClN2O2/c16-11-4-6-12(7-5-11)18-14(9-17-15(18)20)10-2-1-3-13(19)8-10/h1-8,14,19H,9H2,(H,17,20)/t14-/m1/s1. The summed E-state index contributed by atoms with van der Waals surface area (Å²) in [6, 6.07) is 13.8. The van der Waals surface area contributed by atoms with Crippen LogP contribution in [0.2, 0.25) is 5.02 Å². The molecule has 1 heterocycles. The van der Waals surface area contributed by atoms with Gasteiger partial charge in [-0.2, -0.15) is 0 Å². The minimum absolute atomic E-state index is 0.143. The van der Waals surface area contributed by atoms with E-state index in [0.717, 1.165) is 11.3 Å². The van der Waals surface area contributed by atoms with Gasteiger partial charge in [0.25, 0.3) is 0 Å². The number of amides is 2. The van der Waals surface area contributed by atoms with Gasteiger partial charge >= 0.3 is 6.03 Å². The molecule has 2 amide bonds. The fourth-order valence-electron chi connectivity index (χ4n) is 2.40. The van der Waals surface area contributed by atoms with Crippen molar-refractivity contribution in [2.24, 2.45) is 0 Å². The van der Waals surface area contributed by atoms with E-state index in [2.05, 4.69) is 5.32 Å². The van der Waals surface area contributed by atoms with Crippen LogP contribution < -0.4 is 10.2 Å². The van der Waals surface area contributed by atoms with Crippen LogP contribution >= 0.6 is 11.6 Å². The second-order valence-electron chi connectivity index (χ2n) is 4.64. The summed E-state index contributed by atoms with van der Waals surface area (Å²) in [6.07, 6.45) is 0. The molecule has 0 aliphatic carbocycles. The van der Waals surface area contributed by atoms with Crippen LogP contribution in [0.25, 0.3) is 0 Å². The zero-order valence-corrected chi connectivity index (χ0v) is 11.3. The van der Waals surface area contributed by atoms with Crippen molar-refractivity contribution < 1.29 is 9.90 Å². The molecule has 0 spiro atoms. The summed E-state index contributed by atoms with van der Waals surface area (Å²) in [5.74, 6) is 0.193. The van der Waals surface area contributed by atoms with Crippen LogP contribution in [0.4, 0.5) is 10.5 Å². The lowest BCUT2D eigenvalue weighted by Gasteiger charge is -2.23. The van der Waals surface area contributed by atoms with Crippen LogP contribution in [0.1, 0.15) is 11.6 Å². The van der Waals surface area contributed by atoms with E-state index >= 15 is 0 Å². The maximum Gasteiger partial charge on any atom is 0.322 e. The van der Waals surface area contributed by atoms with Crippen molar-refractivity contribution >= 4 is 23.3 Å². The molecule has 2 N–H and O–H groups in total. The van der Waals surface area contributed by atoms with Gasteiger partial charge in [-0.15, -0.1) is 0 Å². The number of carbonyl (C=O) groups excluding carboxylic acids is 1. The molecule has 20 heavy (non-hydrogen) atoms. The Morgan fingerprint density at radius 1 is 1.20 bits per heavy atom. The predicted octanol–water partition coefficient (Wildman–Crippen LogP) is 3.32. The third-order valence-electron chi connectivity index (χ3n) is 3.34. The van der Waals surface area contributed by atoms with Gasteiger partial charge in [0.05, 0.1) is 6.04 Å². The Labute approximate surface area is 121 Å². The number of nitrogens with one attached hydrogen (secondary N) is 1. The molecule has 1 aliphatic heterocycles. The SMILES string of the molecule is O=C1NC[C@H](c2cccc(O)c2)N1c1ccc(Cl)cc1. The van der Waals surface area contributed by atoms with Crippen LogP contribution in [0, 0.1) is 0 Å². The van der Waals surface area contributed by atoms with Crippen molar-refractivity contribution in [3.63, 3.8) is 0 Å². The van der Waals surface area contributed by atoms with Gasteiger partial charge in [-0.3, -0.25) is 4.90 Å². The number of aromatic hydroxyl groups is 1. The molecule has 0 radical (unpaired) electrons. The quantitative estimate of drug-likeness (QED) is 0.891. The zero-order valence-electron chi connectivity index (χ0n) is 10.6. The van der Waals surface area contributed by atoms with Gasteiger partial charge in [0.15, 0.2) is 0 Å². The fourth-order valence-corrected chi connectivity index (χ4v) is 2.53. The van der Waals surface area contributed by atoms with E-state index in [-0.39, 0.29) is 17.8 Å². The molecule has 2 aromatic rings. The molecular formula is C15H13ClN2O2. The molecule has 5 heteroatoms. The summed E-state index contributed by atoms with van der Waals surface area (Å²) in [6.45, 7) is 0.505. The number of phenols is 1. The van der Waals surface area contributed by atoms with Gasteiger partial charge in [0.2, 0.25) is 0 Å². The van der Waals surface area contributed by atoms with E-state index in [1.807, 2.05) is 18.2 Å². The van der Waals surface area contributed by atoms with Crippen LogP contribution in [-0.4, -0.2) is 17.7 Å². The van der Waals surface area contributed by atoms with Gasteiger partial charge in [-0.25, -0.2) is 4.79 Å². The molecule has 1 atom stereocenters. The van der Waals surface area contributed by atoms with Crippen molar-refractivity contribution in [1.29, 1.82) is 0 Å². The van der Waals surface area contributed by atoms with E-state index in [9.17, 15) is 9.90 Å². The summed E-state index contributed by atoms with van der Waals surface area (Å²) >= 11 is 5.88. The summed E-state index contributed by atoms with van der Waals surface area (Å²) in [7, 11) is 0. The van der Waals surface area contributed by atoms with Crippen molar-refractivity contribution in [1.82, 2.24) is 5.32 Å². The molecule has 1 saturated heterocycles. The Bertz CT molecular complexity index is 643. The molecule has 1 aliphatic rings. The highest BCUT2D eigenvalue weighted by molar-refractivity contribution is 6.30. The molecule has 0 aromatic heterocycles. The summed E-state index contributed by atoms with van der Waals surface area (Å²) in [5.41, 5.74) is 1.66. The van der Waals surface area contributed by atoms with E-state index in [1.54, 1.807) is 35.2 Å². The number of halogens is 1. The highest BCUT2D eigenvalue weighted by Gasteiger charge is 2.33. The number of nitrogens with zero attached hydrogens (tertiary/aromatic N) is 1. The highest BCUT2D eigenvalue weighted by atomic mass is 35.5. The molecule has 0 saturated carbocycles. The topological polar surface area (TPSA) is 52.6 Å². The third-order valence-corrected chi connectivity index (χ3v) is 3.59. The number of hydrogen-bond donors (Lipinski definition) is 2. The fraction of sp³-hybridized carbons (Fsp3) is 0.133. The van der Waals surface area contributed by atoms with Gasteiger partial charge in [-0.1, -0.05) is 23.7 Å². The zero-order chi connectivity index (χ0) is 14.1. The van der Waals surface area contributed by atoms with Crippen molar-refractivity contribution in [2.75, 3.05) is 11.4 Å². The lowest BCUT2D eigenvalue weighted by Crippen LogP contribution is -2.29. The van der Waals surface area contributed by atoms with Gasteiger partial charge in [0.1, 0.15) is 5.75 Å². The van der Waals surface area contributed by atoms with Crippen LogP contribution in [-0.2, 0) is 0 Å². The minimum atomic E-state index is -0.152. The van der Waals surface area contributed by atoms with Crippen molar-refractivity contribution in [3.05, 3.63) is 59.1 Å². The Kier molecular flexibility index (Phi) is 3.24. The normalized spacial score (nSPS) is 18.1. The Hall–Kier alpha value is -2.20. The van der Waals surface area contributed by atoms with E-state index < -0.39 is 0 Å². The lowest BCUT2D eigenvalue weighted by atomic mass is 10.1. The third kappa shape index (κ3) is 2.30. The van der Waals surface area contributed by atoms with Gasteiger partial charge in [0, 0.05) is 17.3 Å². The van der Waals surface area contributed by atoms with Crippen LogP contribution in [0.3, 0.4) is 0 Å². The smallest absolute Gasteiger partial charge is 0.322 e. The summed E-state index contributed by atoms with van der Waals surface area (Å²) in [4.78, 5) is 13.7. The average molecular weight is 289 g/mol. The number of urea groups is 1. The van der Waals surface area contributed by atoms with Gasteiger partial charge in [-0.05, 0) is 42.0 Å². The number of benzene rings is 2. The summed E-state index contributed by atoms with van der Waals surface area (Å²) < 4.78 is 0. The molecule has 102 valence electrons. The molecular weight excluding hydrogens is 276 g/mol. The first-order valence-electron chi connectivity index (χ1n) is 6.27. The highest BCUT2D eigenvalue weighted by Crippen LogP contribution is 2.32. The second-order valence-corrected chi connectivity index (χ2v) is 5.08. The number of hydrogen-bond acceptors (Lipinski definition) is 2. The van der Waals surface area contributed by atoms with Crippen molar-refractivity contribution in [2.45, 2.75) is 6.04 Å². The number of anilines is 1. The average Bonchev–Trinajstić information content (AvgIpc) is 2.82. The van der Waals surface area contributed by atoms with Crippen LogP contribution in [0.5, 0.6) is 5.75 Å². The summed E-state index contributed by atoms with van der Waals surface area (Å²) in [5, 5.41) is 13.0. The first-order valence-corrected chi connectivity index (χ1v) is 6.64. The number of carbonyl (C=O) groups is 1. The van der Waals surface area contributed by atoms with Gasteiger partial charge < -0.3 is 10.4 Å². The first-order chi connectivity index (χ1) is 9.65. The number of phenolic OH excluding ortho intramolecular Hbond substituents is 1. The Morgan fingerprint density at radius 2 is 1.95 bits per heavy atom. The first kappa shape index (κ1) is 12.8. The molecule has 4 nitrogen and oxygen atoms in total. The van der Waals surface area contributed by atoms with Crippen LogP contribution in [0.15, 0.2) is 48.5 Å². The maximum absolute atomic E-state index is 12.0. The van der Waals surface area contributed by atoms with E-state index in [0.29, 0.717) is 11.6 Å². The Morgan fingerprint density at radius 3 is 2.65 bits per heavy atom. The minimum Gasteiger partial charge on any atom is -0.508 e. The Balaban J connectivity index is 1.98. The molecule has 2 aromatic carbocycles. The van der Waals surface area contributed by atoms with E-state index in [1.165, 1.54) is 0 Å². The largest absolute Gasteiger partial charge is 0.508 e. The molecule has 0 unspecified atom stereocenters. The lowest BCUT2D eigenvalue weighted by molar-refractivity contribution is 0.251. The maximum atomic E-state index is 12.0. The monoisotopic (exact) mass is 288 g/mol. The molecule has 3 rings (SSSR count). The molecule has 1 fully saturated rings. The predicted molar refractivity (Wildman–Crippen MR) is 78.2 cm³/mol.